The lowest BCUT2D eigenvalue weighted by molar-refractivity contribution is 0.511. The number of aliphatic hydroxyl groups excluding tert-OH is 1. The Morgan fingerprint density at radius 3 is 2.16 bits per heavy atom. The van der Waals surface area contributed by atoms with Crippen LogP contribution < -0.4 is 0 Å². The number of allylic oxidation sites excluding steroid dienone is 3. The Balaban J connectivity index is 2.20. The van der Waals surface area contributed by atoms with Gasteiger partial charge in [-0.1, -0.05) is 36.4 Å². The maximum Gasteiger partial charge on any atom is 0.123 e. The molecule has 0 unspecified atom stereocenters. The van der Waals surface area contributed by atoms with E-state index in [1.54, 1.807) is 18.2 Å². The largest absolute Gasteiger partial charge is 0.507 e. The Morgan fingerprint density at radius 1 is 0.895 bits per heavy atom. The first-order chi connectivity index (χ1) is 9.16. The highest BCUT2D eigenvalue weighted by molar-refractivity contribution is 5.69. The Morgan fingerprint density at radius 2 is 1.53 bits per heavy atom. The van der Waals surface area contributed by atoms with Crippen LogP contribution in [0.15, 0.2) is 66.7 Å². The van der Waals surface area contributed by atoms with E-state index in [4.69, 9.17) is 0 Å². The van der Waals surface area contributed by atoms with E-state index in [1.165, 1.54) is 12.1 Å². The zero-order valence-corrected chi connectivity index (χ0v) is 10.7. The summed E-state index contributed by atoms with van der Waals surface area (Å²) >= 11 is 0. The Bertz CT molecular complexity index is 595. The molecule has 2 aromatic carbocycles. The molecule has 1 nitrogen and oxygen atoms in total. The van der Waals surface area contributed by atoms with Gasteiger partial charge >= 0.3 is 0 Å². The molecule has 0 bridgehead atoms. The molecular weight excluding hydrogens is 239 g/mol. The molecule has 0 aliphatic heterocycles. The van der Waals surface area contributed by atoms with Gasteiger partial charge in [-0.3, -0.25) is 0 Å². The van der Waals surface area contributed by atoms with Crippen LogP contribution in [0.1, 0.15) is 18.1 Å². The molecule has 0 aliphatic rings. The zero-order valence-electron chi connectivity index (χ0n) is 10.7. The quantitative estimate of drug-likeness (QED) is 0.614. The standard InChI is InChI=1S/C17H15FO/c1-13(14-5-3-2-4-6-14)7-12-17(19)15-8-10-16(18)11-9-15/h2-12,19H,1H3/b13-7+,17-12-. The van der Waals surface area contributed by atoms with Gasteiger partial charge in [0.05, 0.1) is 0 Å². The average Bonchev–Trinajstić information content (AvgIpc) is 2.46. The lowest BCUT2D eigenvalue weighted by Crippen LogP contribution is -1.83. The van der Waals surface area contributed by atoms with Gasteiger partial charge in [0.1, 0.15) is 11.6 Å². The second-order valence-corrected chi connectivity index (χ2v) is 4.27. The second kappa shape index (κ2) is 6.01. The van der Waals surface area contributed by atoms with Gasteiger partial charge in [0.15, 0.2) is 0 Å². The highest BCUT2D eigenvalue weighted by atomic mass is 19.1. The van der Waals surface area contributed by atoms with E-state index in [9.17, 15) is 9.50 Å². The van der Waals surface area contributed by atoms with Crippen molar-refractivity contribution in [3.8, 4) is 0 Å². The molecule has 0 atom stereocenters. The number of rotatable bonds is 3. The van der Waals surface area contributed by atoms with E-state index in [2.05, 4.69) is 0 Å². The molecular formula is C17H15FO. The summed E-state index contributed by atoms with van der Waals surface area (Å²) in [6.45, 7) is 1.98. The van der Waals surface area contributed by atoms with Gasteiger partial charge in [0, 0.05) is 5.56 Å². The molecule has 2 aromatic rings. The molecule has 0 spiro atoms. The molecule has 0 aromatic heterocycles. The minimum atomic E-state index is -0.312. The molecule has 0 saturated heterocycles. The van der Waals surface area contributed by atoms with Gasteiger partial charge in [-0.15, -0.1) is 0 Å². The maximum atomic E-state index is 12.8. The summed E-state index contributed by atoms with van der Waals surface area (Å²) in [7, 11) is 0. The first kappa shape index (κ1) is 13.1. The summed E-state index contributed by atoms with van der Waals surface area (Å²) in [4.78, 5) is 0. The SMILES string of the molecule is C/C(=C\C=C(/O)c1ccc(F)cc1)c1ccccc1. The van der Waals surface area contributed by atoms with Crippen LogP contribution in [-0.4, -0.2) is 5.11 Å². The van der Waals surface area contributed by atoms with Gasteiger partial charge in [-0.25, -0.2) is 4.39 Å². The summed E-state index contributed by atoms with van der Waals surface area (Å²) < 4.78 is 12.8. The van der Waals surface area contributed by atoms with E-state index < -0.39 is 0 Å². The van der Waals surface area contributed by atoms with Crippen molar-refractivity contribution < 1.29 is 9.50 Å². The van der Waals surface area contributed by atoms with E-state index in [0.717, 1.165) is 11.1 Å². The summed E-state index contributed by atoms with van der Waals surface area (Å²) in [5.41, 5.74) is 2.75. The Hall–Kier alpha value is -2.35. The highest BCUT2D eigenvalue weighted by Crippen LogP contribution is 2.16. The third kappa shape index (κ3) is 3.55. The van der Waals surface area contributed by atoms with Crippen molar-refractivity contribution >= 4 is 11.3 Å². The number of benzene rings is 2. The van der Waals surface area contributed by atoms with Gasteiger partial charge in [-0.05, 0) is 48.4 Å². The maximum absolute atomic E-state index is 12.8. The fraction of sp³-hybridized carbons (Fsp3) is 0.0588. The molecule has 0 aliphatic carbocycles. The molecule has 19 heavy (non-hydrogen) atoms. The molecule has 2 heteroatoms. The molecule has 0 radical (unpaired) electrons. The van der Waals surface area contributed by atoms with Crippen LogP contribution in [0.4, 0.5) is 4.39 Å². The van der Waals surface area contributed by atoms with E-state index in [-0.39, 0.29) is 11.6 Å². The van der Waals surface area contributed by atoms with Crippen LogP contribution >= 0.6 is 0 Å². The fourth-order valence-electron chi connectivity index (χ4n) is 1.72. The molecule has 0 fully saturated rings. The van der Waals surface area contributed by atoms with Crippen LogP contribution in [-0.2, 0) is 0 Å². The summed E-state index contributed by atoms with van der Waals surface area (Å²) in [6, 6.07) is 15.7. The highest BCUT2D eigenvalue weighted by Gasteiger charge is 1.98. The predicted octanol–water partition coefficient (Wildman–Crippen LogP) is 4.83. The molecule has 2 rings (SSSR count). The zero-order chi connectivity index (χ0) is 13.7. The predicted molar refractivity (Wildman–Crippen MR) is 77.1 cm³/mol. The molecule has 96 valence electrons. The van der Waals surface area contributed by atoms with Crippen LogP contribution in [0.2, 0.25) is 0 Å². The second-order valence-electron chi connectivity index (χ2n) is 4.27. The van der Waals surface area contributed by atoms with Crippen molar-refractivity contribution in [1.82, 2.24) is 0 Å². The third-order valence-electron chi connectivity index (χ3n) is 2.86. The van der Waals surface area contributed by atoms with Crippen molar-refractivity contribution in [2.75, 3.05) is 0 Å². The normalized spacial score (nSPS) is 12.5. The molecule has 1 N–H and O–H groups in total. The first-order valence-electron chi connectivity index (χ1n) is 6.06. The third-order valence-corrected chi connectivity index (χ3v) is 2.86. The smallest absolute Gasteiger partial charge is 0.123 e. The Labute approximate surface area is 112 Å². The van der Waals surface area contributed by atoms with Crippen LogP contribution in [0.3, 0.4) is 0 Å². The molecule has 0 saturated carbocycles. The van der Waals surface area contributed by atoms with Crippen LogP contribution in [0.25, 0.3) is 11.3 Å². The number of aliphatic hydroxyl groups is 1. The molecule has 0 amide bonds. The van der Waals surface area contributed by atoms with Crippen LogP contribution in [0.5, 0.6) is 0 Å². The van der Waals surface area contributed by atoms with Crippen molar-refractivity contribution in [2.45, 2.75) is 6.92 Å². The average molecular weight is 254 g/mol. The fourth-order valence-corrected chi connectivity index (χ4v) is 1.72. The van der Waals surface area contributed by atoms with Gasteiger partial charge in [0.2, 0.25) is 0 Å². The van der Waals surface area contributed by atoms with Gasteiger partial charge in [0.25, 0.3) is 0 Å². The van der Waals surface area contributed by atoms with E-state index in [1.807, 2.05) is 43.3 Å². The lowest BCUT2D eigenvalue weighted by Gasteiger charge is -2.01. The van der Waals surface area contributed by atoms with Crippen molar-refractivity contribution in [2.24, 2.45) is 0 Å². The first-order valence-corrected chi connectivity index (χ1v) is 6.06. The number of hydrogen-bond acceptors (Lipinski definition) is 1. The van der Waals surface area contributed by atoms with Gasteiger partial charge in [-0.2, -0.15) is 0 Å². The lowest BCUT2D eigenvalue weighted by atomic mass is 10.1. The van der Waals surface area contributed by atoms with E-state index >= 15 is 0 Å². The van der Waals surface area contributed by atoms with Crippen molar-refractivity contribution in [3.05, 3.63) is 83.7 Å². The van der Waals surface area contributed by atoms with Crippen molar-refractivity contribution in [3.63, 3.8) is 0 Å². The van der Waals surface area contributed by atoms with E-state index in [0.29, 0.717) is 5.56 Å². The summed E-state index contributed by atoms with van der Waals surface area (Å²) in [6.07, 6.45) is 3.46. The number of hydrogen-bond donors (Lipinski definition) is 1. The minimum absolute atomic E-state index is 0.121. The Kier molecular flexibility index (Phi) is 4.14. The van der Waals surface area contributed by atoms with Crippen LogP contribution in [0, 0.1) is 5.82 Å². The summed E-state index contributed by atoms with van der Waals surface area (Å²) in [5, 5.41) is 9.90. The minimum Gasteiger partial charge on any atom is -0.507 e. The number of halogens is 1. The topological polar surface area (TPSA) is 20.2 Å². The van der Waals surface area contributed by atoms with Crippen molar-refractivity contribution in [1.29, 1.82) is 0 Å². The van der Waals surface area contributed by atoms with Gasteiger partial charge < -0.3 is 5.11 Å². The monoisotopic (exact) mass is 254 g/mol. The summed E-state index contributed by atoms with van der Waals surface area (Å²) in [5.74, 6) is -0.192. The molecule has 0 heterocycles.